The molecule has 0 aromatic rings. The van der Waals surface area contributed by atoms with Crippen molar-refractivity contribution in [3.05, 3.63) is 0 Å². The summed E-state index contributed by atoms with van der Waals surface area (Å²) in [4.78, 5) is 11.3. The highest BCUT2D eigenvalue weighted by atomic mass is 16.5. The van der Waals surface area contributed by atoms with E-state index in [0.29, 0.717) is 12.6 Å². The number of hydrogen-bond donors (Lipinski definition) is 2. The second-order valence-electron chi connectivity index (χ2n) is 3.77. The summed E-state index contributed by atoms with van der Waals surface area (Å²) in [6, 6.07) is 0.347. The van der Waals surface area contributed by atoms with Crippen LogP contribution in [0.1, 0.15) is 26.2 Å². The van der Waals surface area contributed by atoms with Crippen LogP contribution in [0.3, 0.4) is 0 Å². The lowest BCUT2D eigenvalue weighted by molar-refractivity contribution is -0.145. The van der Waals surface area contributed by atoms with E-state index in [-0.39, 0.29) is 12.0 Å². The third-order valence-electron chi connectivity index (χ3n) is 2.69. The predicted octanol–water partition coefficient (Wildman–Crippen LogP) is 0.195. The van der Waals surface area contributed by atoms with Crippen LogP contribution in [0.4, 0.5) is 0 Å². The molecule has 0 spiro atoms. The Morgan fingerprint density at radius 1 is 1.46 bits per heavy atom. The average Bonchev–Trinajstić information content (AvgIpc) is 2.84. The van der Waals surface area contributed by atoms with Crippen molar-refractivity contribution in [3.8, 4) is 0 Å². The summed E-state index contributed by atoms with van der Waals surface area (Å²) < 4.78 is 4.93. The van der Waals surface area contributed by atoms with Gasteiger partial charge in [0.05, 0.1) is 6.61 Å². The maximum atomic E-state index is 11.3. The van der Waals surface area contributed by atoms with Gasteiger partial charge in [-0.25, -0.2) is 5.43 Å². The fourth-order valence-electron chi connectivity index (χ4n) is 1.79. The fraction of sp³-hybridized carbons (Fsp3) is 0.889. The summed E-state index contributed by atoms with van der Waals surface area (Å²) in [7, 11) is 0. The topological polar surface area (TPSA) is 50.4 Å². The van der Waals surface area contributed by atoms with E-state index in [0.717, 1.165) is 12.3 Å². The maximum absolute atomic E-state index is 11.3. The molecule has 2 aliphatic rings. The van der Waals surface area contributed by atoms with E-state index < -0.39 is 0 Å². The Labute approximate surface area is 78.0 Å². The lowest BCUT2D eigenvalue weighted by Gasteiger charge is -2.07. The number of esters is 1. The molecular weight excluding hydrogens is 168 g/mol. The molecule has 13 heavy (non-hydrogen) atoms. The third kappa shape index (κ3) is 2.00. The van der Waals surface area contributed by atoms with Crippen molar-refractivity contribution in [1.82, 2.24) is 10.9 Å². The minimum Gasteiger partial charge on any atom is -0.465 e. The average molecular weight is 184 g/mol. The van der Waals surface area contributed by atoms with Crippen LogP contribution >= 0.6 is 0 Å². The Kier molecular flexibility index (Phi) is 2.51. The molecule has 4 heteroatoms. The lowest BCUT2D eigenvalue weighted by Crippen LogP contribution is -2.38. The summed E-state index contributed by atoms with van der Waals surface area (Å²) in [5, 5.41) is 0. The number of hydrogen-bond acceptors (Lipinski definition) is 4. The van der Waals surface area contributed by atoms with E-state index in [1.54, 1.807) is 0 Å². The molecule has 2 fully saturated rings. The highest BCUT2D eigenvalue weighted by Crippen LogP contribution is 2.35. The molecule has 1 heterocycles. The first-order chi connectivity index (χ1) is 6.31. The molecule has 2 atom stereocenters. The number of carbonyl (C=O) groups excluding carboxylic acids is 1. The van der Waals surface area contributed by atoms with Gasteiger partial charge < -0.3 is 4.74 Å². The molecule has 1 saturated heterocycles. The Bertz CT molecular complexity index is 204. The summed E-state index contributed by atoms with van der Waals surface area (Å²) >= 11 is 0. The van der Waals surface area contributed by atoms with E-state index in [2.05, 4.69) is 10.9 Å². The van der Waals surface area contributed by atoms with Gasteiger partial charge in [0, 0.05) is 6.04 Å². The zero-order valence-electron chi connectivity index (χ0n) is 7.88. The zero-order valence-corrected chi connectivity index (χ0v) is 7.88. The van der Waals surface area contributed by atoms with Crippen molar-refractivity contribution in [1.29, 1.82) is 0 Å². The first-order valence-electron chi connectivity index (χ1n) is 4.99. The van der Waals surface area contributed by atoms with Crippen molar-refractivity contribution in [3.63, 3.8) is 0 Å². The van der Waals surface area contributed by atoms with Crippen LogP contribution in [0.2, 0.25) is 0 Å². The van der Waals surface area contributed by atoms with Gasteiger partial charge in [0.15, 0.2) is 0 Å². The van der Waals surface area contributed by atoms with Crippen LogP contribution in [-0.4, -0.2) is 24.7 Å². The van der Waals surface area contributed by atoms with Gasteiger partial charge in [0.25, 0.3) is 0 Å². The van der Waals surface area contributed by atoms with Crippen LogP contribution in [-0.2, 0) is 9.53 Å². The predicted molar refractivity (Wildman–Crippen MR) is 47.8 cm³/mol. The van der Waals surface area contributed by atoms with Crippen molar-refractivity contribution >= 4 is 5.97 Å². The van der Waals surface area contributed by atoms with Crippen molar-refractivity contribution < 1.29 is 9.53 Å². The Balaban J connectivity index is 1.79. The standard InChI is InChI=1S/C9H16N2O2/c1-2-13-9(12)8-5-7(10-11-8)6-3-4-6/h6-8,10-11H,2-5H2,1H3. The fourth-order valence-corrected chi connectivity index (χ4v) is 1.79. The molecule has 0 radical (unpaired) electrons. The molecule has 1 aliphatic heterocycles. The Morgan fingerprint density at radius 2 is 2.23 bits per heavy atom. The van der Waals surface area contributed by atoms with Crippen LogP contribution in [0, 0.1) is 5.92 Å². The summed E-state index contributed by atoms with van der Waals surface area (Å²) in [5.41, 5.74) is 6.15. The van der Waals surface area contributed by atoms with E-state index in [1.165, 1.54) is 12.8 Å². The molecule has 0 aromatic carbocycles. The monoisotopic (exact) mass is 184 g/mol. The van der Waals surface area contributed by atoms with Gasteiger partial charge in [-0.05, 0) is 32.1 Å². The molecule has 0 amide bonds. The zero-order chi connectivity index (χ0) is 9.26. The largest absolute Gasteiger partial charge is 0.465 e. The molecule has 0 aromatic heterocycles. The van der Waals surface area contributed by atoms with Crippen molar-refractivity contribution in [2.24, 2.45) is 5.92 Å². The highest BCUT2D eigenvalue weighted by Gasteiger charge is 2.39. The first kappa shape index (κ1) is 8.97. The van der Waals surface area contributed by atoms with Gasteiger partial charge >= 0.3 is 5.97 Å². The van der Waals surface area contributed by atoms with Crippen LogP contribution in [0.5, 0.6) is 0 Å². The smallest absolute Gasteiger partial charge is 0.324 e. The maximum Gasteiger partial charge on any atom is 0.324 e. The summed E-state index contributed by atoms with van der Waals surface area (Å²) in [6.45, 7) is 2.30. The first-order valence-corrected chi connectivity index (χ1v) is 4.99. The minimum absolute atomic E-state index is 0.127. The van der Waals surface area contributed by atoms with Crippen molar-refractivity contribution in [2.75, 3.05) is 6.61 Å². The lowest BCUT2D eigenvalue weighted by atomic mass is 10.1. The van der Waals surface area contributed by atoms with E-state index >= 15 is 0 Å². The van der Waals surface area contributed by atoms with Gasteiger partial charge in [-0.15, -0.1) is 0 Å². The summed E-state index contributed by atoms with van der Waals surface area (Å²) in [6.07, 6.45) is 3.48. The number of nitrogens with one attached hydrogen (secondary N) is 2. The molecule has 2 rings (SSSR count). The molecule has 74 valence electrons. The molecule has 1 saturated carbocycles. The molecule has 2 unspecified atom stereocenters. The van der Waals surface area contributed by atoms with Gasteiger partial charge in [-0.1, -0.05) is 0 Å². The quantitative estimate of drug-likeness (QED) is 0.615. The number of carbonyl (C=O) groups is 1. The molecule has 1 aliphatic carbocycles. The van der Waals surface area contributed by atoms with Crippen LogP contribution < -0.4 is 10.9 Å². The Hall–Kier alpha value is -0.610. The van der Waals surface area contributed by atoms with Gasteiger partial charge in [0.2, 0.25) is 0 Å². The molecular formula is C9H16N2O2. The van der Waals surface area contributed by atoms with Crippen molar-refractivity contribution in [2.45, 2.75) is 38.3 Å². The highest BCUT2D eigenvalue weighted by molar-refractivity contribution is 5.76. The summed E-state index contributed by atoms with van der Waals surface area (Å²) in [5.74, 6) is 0.657. The third-order valence-corrected chi connectivity index (χ3v) is 2.69. The van der Waals surface area contributed by atoms with Crippen LogP contribution in [0.25, 0.3) is 0 Å². The van der Waals surface area contributed by atoms with Gasteiger partial charge in [-0.2, -0.15) is 0 Å². The minimum atomic E-state index is -0.134. The van der Waals surface area contributed by atoms with Crippen LogP contribution in [0.15, 0.2) is 0 Å². The number of rotatable bonds is 3. The SMILES string of the molecule is CCOC(=O)C1CC(C2CC2)NN1. The van der Waals surface area contributed by atoms with Gasteiger partial charge in [-0.3, -0.25) is 10.2 Å². The number of ether oxygens (including phenoxy) is 1. The number of hydrazine groups is 1. The van der Waals surface area contributed by atoms with Gasteiger partial charge in [0.1, 0.15) is 6.04 Å². The second-order valence-corrected chi connectivity index (χ2v) is 3.77. The molecule has 2 N–H and O–H groups in total. The normalized spacial score (nSPS) is 33.3. The molecule has 4 nitrogen and oxygen atoms in total. The second kappa shape index (κ2) is 3.64. The Morgan fingerprint density at radius 3 is 2.85 bits per heavy atom. The van der Waals surface area contributed by atoms with E-state index in [1.807, 2.05) is 6.92 Å². The van der Waals surface area contributed by atoms with E-state index in [4.69, 9.17) is 4.74 Å². The molecule has 0 bridgehead atoms. The van der Waals surface area contributed by atoms with E-state index in [9.17, 15) is 4.79 Å².